The molecular weight excluding hydrogens is 386 g/mol. The van der Waals surface area contributed by atoms with Crippen molar-refractivity contribution in [2.75, 3.05) is 23.4 Å². The molecule has 0 aromatic heterocycles. The average molecular weight is 413 g/mol. The van der Waals surface area contributed by atoms with E-state index in [9.17, 15) is 19.2 Å². The van der Waals surface area contributed by atoms with E-state index in [1.807, 2.05) is 4.90 Å². The van der Waals surface area contributed by atoms with Gasteiger partial charge in [0.2, 0.25) is 11.8 Å². The maximum atomic E-state index is 12.9. The molecule has 8 nitrogen and oxygen atoms in total. The molecule has 160 valence electrons. The number of para-hydroxylation sites is 2. The Morgan fingerprint density at radius 1 is 1.13 bits per heavy atom. The molecule has 0 radical (unpaired) electrons. The maximum absolute atomic E-state index is 12.9. The van der Waals surface area contributed by atoms with Crippen LogP contribution in [0.4, 0.5) is 11.4 Å². The third-order valence-electron chi connectivity index (χ3n) is 6.22. The second kappa shape index (κ2) is 8.45. The van der Waals surface area contributed by atoms with Crippen LogP contribution in [-0.4, -0.2) is 53.8 Å². The molecule has 2 heterocycles. The predicted octanol–water partition coefficient (Wildman–Crippen LogP) is 2.08. The highest BCUT2D eigenvalue weighted by molar-refractivity contribution is 6.05. The Kier molecular flexibility index (Phi) is 5.74. The van der Waals surface area contributed by atoms with Crippen LogP contribution >= 0.6 is 0 Å². The van der Waals surface area contributed by atoms with Crippen LogP contribution in [0.3, 0.4) is 0 Å². The van der Waals surface area contributed by atoms with Gasteiger partial charge in [-0.05, 0) is 31.9 Å². The number of rotatable bonds is 4. The summed E-state index contributed by atoms with van der Waals surface area (Å²) >= 11 is 0. The van der Waals surface area contributed by atoms with E-state index in [1.165, 1.54) is 4.90 Å². The molecule has 1 aliphatic carbocycles. The fourth-order valence-electron chi connectivity index (χ4n) is 4.75. The summed E-state index contributed by atoms with van der Waals surface area (Å²) in [6, 6.07) is 6.93. The largest absolute Gasteiger partial charge is 0.455 e. The van der Waals surface area contributed by atoms with Crippen LogP contribution < -0.4 is 10.2 Å². The van der Waals surface area contributed by atoms with Crippen molar-refractivity contribution >= 4 is 35.1 Å². The fraction of sp³-hybridized carbons (Fsp3) is 0.545. The highest BCUT2D eigenvalue weighted by Gasteiger charge is 2.40. The molecule has 1 N–H and O–H groups in total. The van der Waals surface area contributed by atoms with Crippen LogP contribution in [-0.2, 0) is 23.9 Å². The van der Waals surface area contributed by atoms with Gasteiger partial charge in [-0.1, -0.05) is 25.0 Å². The minimum atomic E-state index is -0.525. The van der Waals surface area contributed by atoms with E-state index in [-0.39, 0.29) is 36.7 Å². The van der Waals surface area contributed by atoms with E-state index >= 15 is 0 Å². The van der Waals surface area contributed by atoms with Crippen LogP contribution in [0.1, 0.15) is 45.4 Å². The van der Waals surface area contributed by atoms with Crippen molar-refractivity contribution in [2.24, 2.45) is 5.92 Å². The summed E-state index contributed by atoms with van der Waals surface area (Å²) in [7, 11) is 0. The summed E-state index contributed by atoms with van der Waals surface area (Å²) in [5, 5.41) is 2.80. The van der Waals surface area contributed by atoms with Crippen molar-refractivity contribution in [3.63, 3.8) is 0 Å². The zero-order chi connectivity index (χ0) is 21.3. The number of hydrogen-bond acceptors (Lipinski definition) is 5. The molecule has 1 saturated heterocycles. The topological polar surface area (TPSA) is 96.0 Å². The molecule has 0 bridgehead atoms. The van der Waals surface area contributed by atoms with E-state index in [1.54, 1.807) is 31.2 Å². The summed E-state index contributed by atoms with van der Waals surface area (Å²) in [6.07, 6.45) is 4.51. The van der Waals surface area contributed by atoms with Crippen molar-refractivity contribution in [1.82, 2.24) is 4.90 Å². The van der Waals surface area contributed by atoms with Gasteiger partial charge >= 0.3 is 5.97 Å². The van der Waals surface area contributed by atoms with Gasteiger partial charge < -0.3 is 19.9 Å². The molecule has 3 aliphatic rings. The first-order valence-electron chi connectivity index (χ1n) is 10.6. The Hall–Kier alpha value is -2.90. The van der Waals surface area contributed by atoms with Crippen LogP contribution in [0.2, 0.25) is 0 Å². The van der Waals surface area contributed by atoms with Crippen molar-refractivity contribution < 1.29 is 23.9 Å². The number of carbonyl (C=O) groups excluding carboxylic acids is 4. The summed E-state index contributed by atoms with van der Waals surface area (Å²) in [5.74, 6) is -1.60. The molecule has 1 aromatic rings. The van der Waals surface area contributed by atoms with Gasteiger partial charge in [0.1, 0.15) is 0 Å². The molecule has 4 rings (SSSR count). The number of likely N-dealkylation sites (tertiary alicyclic amines) is 1. The van der Waals surface area contributed by atoms with Crippen molar-refractivity contribution in [3.05, 3.63) is 24.3 Å². The third-order valence-corrected chi connectivity index (χ3v) is 6.22. The number of esters is 1. The first-order chi connectivity index (χ1) is 14.4. The van der Waals surface area contributed by atoms with E-state index in [0.717, 1.165) is 25.7 Å². The SMILES string of the molecule is C[C@@H]1CC(=O)Nc2ccccc2N1C(=O)COC(=O)[C@@H]1CC(=O)N(C2CCCC2)C1. The number of anilines is 2. The molecule has 0 spiro atoms. The maximum Gasteiger partial charge on any atom is 0.311 e. The van der Waals surface area contributed by atoms with Gasteiger partial charge in [-0.15, -0.1) is 0 Å². The number of carbonyl (C=O) groups is 4. The molecule has 30 heavy (non-hydrogen) atoms. The average Bonchev–Trinajstić information content (AvgIpc) is 3.34. The molecule has 1 aromatic carbocycles. The van der Waals surface area contributed by atoms with E-state index in [0.29, 0.717) is 17.9 Å². The highest BCUT2D eigenvalue weighted by Crippen LogP contribution is 2.32. The Morgan fingerprint density at radius 3 is 2.63 bits per heavy atom. The van der Waals surface area contributed by atoms with E-state index < -0.39 is 24.4 Å². The smallest absolute Gasteiger partial charge is 0.311 e. The van der Waals surface area contributed by atoms with Gasteiger partial charge in [-0.25, -0.2) is 0 Å². The van der Waals surface area contributed by atoms with Gasteiger partial charge in [0.05, 0.1) is 17.3 Å². The Bertz CT molecular complexity index is 864. The van der Waals surface area contributed by atoms with Gasteiger partial charge in [0, 0.05) is 31.5 Å². The number of nitrogens with one attached hydrogen (secondary N) is 1. The van der Waals surface area contributed by atoms with Gasteiger partial charge in [0.25, 0.3) is 5.91 Å². The minimum absolute atomic E-state index is 0.00479. The number of benzene rings is 1. The first-order valence-corrected chi connectivity index (χ1v) is 10.6. The lowest BCUT2D eigenvalue weighted by atomic mass is 10.1. The van der Waals surface area contributed by atoms with Crippen molar-refractivity contribution in [2.45, 2.75) is 57.5 Å². The predicted molar refractivity (Wildman–Crippen MR) is 110 cm³/mol. The Morgan fingerprint density at radius 2 is 1.87 bits per heavy atom. The van der Waals surface area contributed by atoms with Gasteiger partial charge in [0.15, 0.2) is 6.61 Å². The van der Waals surface area contributed by atoms with Crippen LogP contribution in [0.25, 0.3) is 0 Å². The third kappa shape index (κ3) is 4.04. The molecule has 2 aliphatic heterocycles. The standard InChI is InChI=1S/C22H27N3O5/c1-14-10-19(26)23-17-8-4-5-9-18(17)25(14)21(28)13-30-22(29)15-11-20(27)24(12-15)16-6-2-3-7-16/h4-5,8-9,14-16H,2-3,6-7,10-13H2,1H3,(H,23,26)/t14-,15-/m1/s1. The second-order valence-electron chi connectivity index (χ2n) is 8.38. The van der Waals surface area contributed by atoms with Crippen molar-refractivity contribution in [1.29, 1.82) is 0 Å². The fourth-order valence-corrected chi connectivity index (χ4v) is 4.75. The summed E-state index contributed by atoms with van der Waals surface area (Å²) in [6.45, 7) is 1.74. The van der Waals surface area contributed by atoms with Gasteiger partial charge in [-0.2, -0.15) is 0 Å². The van der Waals surface area contributed by atoms with Crippen molar-refractivity contribution in [3.8, 4) is 0 Å². The highest BCUT2D eigenvalue weighted by atomic mass is 16.5. The lowest BCUT2D eigenvalue weighted by Gasteiger charge is -2.27. The summed E-state index contributed by atoms with van der Waals surface area (Å²) < 4.78 is 5.32. The van der Waals surface area contributed by atoms with Gasteiger partial charge in [-0.3, -0.25) is 19.2 Å². The zero-order valence-electron chi connectivity index (χ0n) is 17.1. The Balaban J connectivity index is 1.39. The molecule has 2 fully saturated rings. The number of ether oxygens (including phenoxy) is 1. The second-order valence-corrected chi connectivity index (χ2v) is 8.38. The molecule has 3 amide bonds. The van der Waals surface area contributed by atoms with Crippen LogP contribution in [0, 0.1) is 5.92 Å². The summed E-state index contributed by atoms with van der Waals surface area (Å²) in [4.78, 5) is 53.2. The molecule has 1 saturated carbocycles. The molecular formula is C22H27N3O5. The summed E-state index contributed by atoms with van der Waals surface area (Å²) in [5.41, 5.74) is 1.14. The number of nitrogens with zero attached hydrogens (tertiary/aromatic N) is 2. The monoisotopic (exact) mass is 413 g/mol. The van der Waals surface area contributed by atoms with E-state index in [2.05, 4.69) is 5.32 Å². The quantitative estimate of drug-likeness (QED) is 0.763. The minimum Gasteiger partial charge on any atom is -0.455 e. The molecule has 8 heteroatoms. The van der Waals surface area contributed by atoms with E-state index in [4.69, 9.17) is 4.74 Å². The number of hydrogen-bond donors (Lipinski definition) is 1. The number of fused-ring (bicyclic) bond motifs is 1. The first kappa shape index (κ1) is 20.4. The normalized spacial score (nSPS) is 24.4. The lowest BCUT2D eigenvalue weighted by molar-refractivity contribution is -0.152. The molecule has 0 unspecified atom stereocenters. The zero-order valence-corrected chi connectivity index (χ0v) is 17.1. The van der Waals surface area contributed by atoms with Crippen LogP contribution in [0.5, 0.6) is 0 Å². The number of amides is 3. The van der Waals surface area contributed by atoms with Crippen LogP contribution in [0.15, 0.2) is 24.3 Å². The lowest BCUT2D eigenvalue weighted by Crippen LogP contribution is -2.42. The molecule has 2 atom stereocenters. The Labute approximate surface area is 175 Å².